The highest BCUT2D eigenvalue weighted by atomic mass is 79.9. The Labute approximate surface area is 74.2 Å². The van der Waals surface area contributed by atoms with Crippen molar-refractivity contribution in [2.24, 2.45) is 0 Å². The molecule has 0 radical (unpaired) electrons. The third-order valence-corrected chi connectivity index (χ3v) is 1.59. The average Bonchev–Trinajstić information content (AvgIpc) is 1.92. The zero-order valence-corrected chi connectivity index (χ0v) is 7.15. The van der Waals surface area contributed by atoms with Crippen LogP contribution in [0.5, 0.6) is 5.75 Å². The molecule has 0 amide bonds. The van der Waals surface area contributed by atoms with Gasteiger partial charge in [-0.3, -0.25) is 0 Å². The van der Waals surface area contributed by atoms with Crippen molar-refractivity contribution in [3.63, 3.8) is 0 Å². The molecule has 12 heavy (non-hydrogen) atoms. The minimum atomic E-state index is -4.55. The van der Waals surface area contributed by atoms with E-state index in [0.717, 1.165) is 12.3 Å². The lowest BCUT2D eigenvalue weighted by molar-refractivity contribution is -0.138. The smallest absolute Gasteiger partial charge is 0.420 e. The highest BCUT2D eigenvalue weighted by molar-refractivity contribution is 9.10. The van der Waals surface area contributed by atoms with Crippen LogP contribution in [0.1, 0.15) is 5.56 Å². The Morgan fingerprint density at radius 3 is 2.42 bits per heavy atom. The molecule has 0 aliphatic carbocycles. The molecule has 0 spiro atoms. The Balaban J connectivity index is 3.23. The van der Waals surface area contributed by atoms with Crippen molar-refractivity contribution < 1.29 is 18.3 Å². The number of pyridine rings is 1. The van der Waals surface area contributed by atoms with E-state index in [-0.39, 0.29) is 4.60 Å². The topological polar surface area (TPSA) is 33.1 Å². The molecule has 2 nitrogen and oxygen atoms in total. The summed E-state index contributed by atoms with van der Waals surface area (Å²) in [4.78, 5) is 3.42. The van der Waals surface area contributed by atoms with E-state index in [0.29, 0.717) is 0 Å². The van der Waals surface area contributed by atoms with Crippen LogP contribution in [0, 0.1) is 0 Å². The number of nitrogens with zero attached hydrogens (tertiary/aromatic N) is 1. The number of rotatable bonds is 0. The Hall–Kier alpha value is -0.780. The molecule has 1 rings (SSSR count). The fourth-order valence-electron chi connectivity index (χ4n) is 0.650. The van der Waals surface area contributed by atoms with E-state index in [1.807, 2.05) is 0 Å². The summed E-state index contributed by atoms with van der Waals surface area (Å²) in [6.45, 7) is 0. The molecule has 1 heterocycles. The minimum Gasteiger partial charge on any atom is -0.506 e. The second-order valence-corrected chi connectivity index (χ2v) is 2.83. The monoisotopic (exact) mass is 241 g/mol. The summed E-state index contributed by atoms with van der Waals surface area (Å²) in [7, 11) is 0. The predicted molar refractivity (Wildman–Crippen MR) is 38.6 cm³/mol. The first-order valence-corrected chi connectivity index (χ1v) is 3.62. The van der Waals surface area contributed by atoms with Crippen LogP contribution >= 0.6 is 15.9 Å². The van der Waals surface area contributed by atoms with Gasteiger partial charge in [0.2, 0.25) is 0 Å². The summed E-state index contributed by atoms with van der Waals surface area (Å²) in [5, 5.41) is 8.77. The maximum atomic E-state index is 12.0. The first-order chi connectivity index (χ1) is 5.41. The van der Waals surface area contributed by atoms with E-state index >= 15 is 0 Å². The first kappa shape index (κ1) is 9.31. The highest BCUT2D eigenvalue weighted by Gasteiger charge is 2.34. The summed E-state index contributed by atoms with van der Waals surface area (Å²) < 4.78 is 36.1. The van der Waals surface area contributed by atoms with Gasteiger partial charge in [-0.15, -0.1) is 0 Å². The largest absolute Gasteiger partial charge is 0.506 e. The molecule has 1 N–H and O–H groups in total. The lowest BCUT2D eigenvalue weighted by atomic mass is 10.2. The van der Waals surface area contributed by atoms with Gasteiger partial charge in [0, 0.05) is 0 Å². The summed E-state index contributed by atoms with van der Waals surface area (Å²) >= 11 is 2.77. The van der Waals surface area contributed by atoms with E-state index in [2.05, 4.69) is 20.9 Å². The van der Waals surface area contributed by atoms with Crippen LogP contribution in [-0.4, -0.2) is 10.1 Å². The van der Waals surface area contributed by atoms with E-state index < -0.39 is 17.5 Å². The number of hydrogen-bond acceptors (Lipinski definition) is 2. The van der Waals surface area contributed by atoms with Crippen LogP contribution in [0.2, 0.25) is 0 Å². The fourth-order valence-corrected chi connectivity index (χ4v) is 0.981. The second kappa shape index (κ2) is 2.93. The number of aromatic nitrogens is 1. The van der Waals surface area contributed by atoms with Crippen LogP contribution in [0.15, 0.2) is 16.9 Å². The molecule has 0 atom stereocenters. The van der Waals surface area contributed by atoms with Crippen molar-refractivity contribution in [1.29, 1.82) is 0 Å². The van der Waals surface area contributed by atoms with E-state index in [9.17, 15) is 13.2 Å². The van der Waals surface area contributed by atoms with Crippen molar-refractivity contribution in [2.45, 2.75) is 6.18 Å². The third kappa shape index (κ3) is 1.88. The molecule has 0 saturated heterocycles. The van der Waals surface area contributed by atoms with Crippen LogP contribution < -0.4 is 0 Å². The molecular weight excluding hydrogens is 239 g/mol. The Morgan fingerprint density at radius 2 is 2.00 bits per heavy atom. The SMILES string of the molecule is Oc1cnc(Br)cc1C(F)(F)F. The van der Waals surface area contributed by atoms with Gasteiger partial charge in [-0.1, -0.05) is 0 Å². The summed E-state index contributed by atoms with van der Waals surface area (Å²) in [6.07, 6.45) is -3.80. The van der Waals surface area contributed by atoms with Gasteiger partial charge >= 0.3 is 6.18 Å². The zero-order valence-electron chi connectivity index (χ0n) is 5.56. The summed E-state index contributed by atoms with van der Waals surface area (Å²) in [5.74, 6) is -0.870. The molecule has 0 saturated carbocycles. The van der Waals surface area contributed by atoms with Crippen molar-refractivity contribution in [1.82, 2.24) is 4.98 Å². The molecular formula is C6H3BrF3NO. The van der Waals surface area contributed by atoms with Crippen LogP contribution in [-0.2, 0) is 6.18 Å². The Kier molecular flexibility index (Phi) is 2.27. The number of halogens is 4. The van der Waals surface area contributed by atoms with Crippen molar-refractivity contribution in [2.75, 3.05) is 0 Å². The summed E-state index contributed by atoms with van der Waals surface area (Å²) in [6, 6.07) is 0.718. The molecule has 0 aromatic carbocycles. The van der Waals surface area contributed by atoms with Crippen molar-refractivity contribution in [3.8, 4) is 5.75 Å². The molecule has 0 unspecified atom stereocenters. The molecule has 66 valence electrons. The highest BCUT2D eigenvalue weighted by Crippen LogP contribution is 2.35. The maximum Gasteiger partial charge on any atom is 0.420 e. The fraction of sp³-hybridized carbons (Fsp3) is 0.167. The molecule has 0 fully saturated rings. The quantitative estimate of drug-likeness (QED) is 0.709. The average molecular weight is 242 g/mol. The van der Waals surface area contributed by atoms with Gasteiger partial charge in [0.25, 0.3) is 0 Å². The van der Waals surface area contributed by atoms with Crippen LogP contribution in [0.4, 0.5) is 13.2 Å². The Morgan fingerprint density at radius 1 is 1.42 bits per heavy atom. The van der Waals surface area contributed by atoms with Gasteiger partial charge in [-0.05, 0) is 22.0 Å². The lowest BCUT2D eigenvalue weighted by Crippen LogP contribution is -2.05. The number of alkyl halides is 3. The van der Waals surface area contributed by atoms with Gasteiger partial charge in [0.15, 0.2) is 0 Å². The van der Waals surface area contributed by atoms with Crippen molar-refractivity contribution in [3.05, 3.63) is 22.4 Å². The molecule has 1 aromatic rings. The van der Waals surface area contributed by atoms with Gasteiger partial charge in [0.1, 0.15) is 15.9 Å². The van der Waals surface area contributed by atoms with Gasteiger partial charge < -0.3 is 5.11 Å². The predicted octanol–water partition coefficient (Wildman–Crippen LogP) is 2.57. The molecule has 1 aromatic heterocycles. The van der Waals surface area contributed by atoms with Gasteiger partial charge in [-0.25, -0.2) is 4.98 Å². The normalized spacial score (nSPS) is 11.7. The standard InChI is InChI=1S/C6H3BrF3NO/c7-5-1-3(6(8,9)10)4(12)2-11-5/h1-2,12H. The number of aromatic hydroxyl groups is 1. The van der Waals surface area contributed by atoms with Crippen molar-refractivity contribution >= 4 is 15.9 Å². The zero-order chi connectivity index (χ0) is 9.35. The maximum absolute atomic E-state index is 12.0. The molecule has 0 aliphatic heterocycles. The van der Waals surface area contributed by atoms with E-state index in [4.69, 9.17) is 5.11 Å². The van der Waals surface area contributed by atoms with Gasteiger partial charge in [-0.2, -0.15) is 13.2 Å². The molecule has 0 bridgehead atoms. The third-order valence-electron chi connectivity index (χ3n) is 1.15. The minimum absolute atomic E-state index is 0.0348. The molecule has 6 heteroatoms. The van der Waals surface area contributed by atoms with Gasteiger partial charge in [0.05, 0.1) is 6.20 Å². The summed E-state index contributed by atoms with van der Waals surface area (Å²) in [5.41, 5.74) is -1.09. The lowest BCUT2D eigenvalue weighted by Gasteiger charge is -2.07. The van der Waals surface area contributed by atoms with E-state index in [1.54, 1.807) is 0 Å². The van der Waals surface area contributed by atoms with Crippen LogP contribution in [0.3, 0.4) is 0 Å². The second-order valence-electron chi connectivity index (χ2n) is 2.02. The first-order valence-electron chi connectivity index (χ1n) is 2.83. The molecule has 0 aliphatic rings. The number of hydrogen-bond donors (Lipinski definition) is 1. The Bertz CT molecular complexity index is 299. The van der Waals surface area contributed by atoms with E-state index in [1.165, 1.54) is 0 Å². The van der Waals surface area contributed by atoms with Crippen LogP contribution in [0.25, 0.3) is 0 Å².